The standard InChI is InChI=1S/C18H24N2O/c1-5-18(6-2,15-10-8-7-9-11-15)17(21)13-16-12-14(3)19-20(16)4/h7-12H,5-6,13H2,1-4H3. The topological polar surface area (TPSA) is 34.9 Å². The molecule has 21 heavy (non-hydrogen) atoms. The van der Waals surface area contributed by atoms with Crippen LogP contribution in [0.3, 0.4) is 0 Å². The zero-order valence-electron chi connectivity index (χ0n) is 13.4. The molecule has 0 atom stereocenters. The third-order valence-corrected chi connectivity index (χ3v) is 4.51. The molecule has 0 N–H and O–H groups in total. The van der Waals surface area contributed by atoms with E-state index in [1.54, 1.807) is 0 Å². The van der Waals surface area contributed by atoms with E-state index in [0.29, 0.717) is 6.42 Å². The molecule has 0 spiro atoms. The second kappa shape index (κ2) is 6.25. The molecule has 0 radical (unpaired) electrons. The van der Waals surface area contributed by atoms with Crippen LogP contribution in [0.2, 0.25) is 0 Å². The number of Topliss-reactive ketones (excluding diaryl/α,β-unsaturated/α-hetero) is 1. The second-order valence-corrected chi connectivity index (χ2v) is 5.66. The van der Waals surface area contributed by atoms with Gasteiger partial charge in [-0.25, -0.2) is 0 Å². The van der Waals surface area contributed by atoms with Gasteiger partial charge in [0, 0.05) is 19.2 Å². The largest absolute Gasteiger partial charge is 0.298 e. The molecule has 0 fully saturated rings. The molecule has 0 amide bonds. The lowest BCUT2D eigenvalue weighted by atomic mass is 9.71. The van der Waals surface area contributed by atoms with E-state index in [1.165, 1.54) is 0 Å². The van der Waals surface area contributed by atoms with Crippen LogP contribution in [0.15, 0.2) is 36.4 Å². The Balaban J connectivity index is 2.34. The number of carbonyl (C=O) groups is 1. The maximum Gasteiger partial charge on any atom is 0.149 e. The van der Waals surface area contributed by atoms with Gasteiger partial charge in [-0.1, -0.05) is 44.2 Å². The molecule has 1 aromatic heterocycles. The highest BCUT2D eigenvalue weighted by molar-refractivity contribution is 5.91. The molecule has 1 aromatic carbocycles. The van der Waals surface area contributed by atoms with Crippen molar-refractivity contribution in [2.24, 2.45) is 7.05 Å². The lowest BCUT2D eigenvalue weighted by molar-refractivity contribution is -0.124. The smallest absolute Gasteiger partial charge is 0.149 e. The van der Waals surface area contributed by atoms with E-state index in [-0.39, 0.29) is 11.2 Å². The highest BCUT2D eigenvalue weighted by atomic mass is 16.1. The van der Waals surface area contributed by atoms with Crippen molar-refractivity contribution in [1.82, 2.24) is 9.78 Å². The van der Waals surface area contributed by atoms with Gasteiger partial charge < -0.3 is 0 Å². The van der Waals surface area contributed by atoms with E-state index in [1.807, 2.05) is 42.9 Å². The summed E-state index contributed by atoms with van der Waals surface area (Å²) in [6.45, 7) is 6.16. The lowest BCUT2D eigenvalue weighted by Crippen LogP contribution is -2.36. The van der Waals surface area contributed by atoms with Crippen LogP contribution in [0.1, 0.15) is 43.6 Å². The van der Waals surface area contributed by atoms with E-state index in [2.05, 4.69) is 31.1 Å². The zero-order valence-corrected chi connectivity index (χ0v) is 13.4. The van der Waals surface area contributed by atoms with Crippen LogP contribution in [0.25, 0.3) is 0 Å². The van der Waals surface area contributed by atoms with E-state index >= 15 is 0 Å². The van der Waals surface area contributed by atoms with Crippen LogP contribution in [-0.4, -0.2) is 15.6 Å². The highest BCUT2D eigenvalue weighted by Gasteiger charge is 2.36. The van der Waals surface area contributed by atoms with Gasteiger partial charge in [0.1, 0.15) is 5.78 Å². The summed E-state index contributed by atoms with van der Waals surface area (Å²) >= 11 is 0. The number of benzene rings is 1. The zero-order chi connectivity index (χ0) is 15.5. The van der Waals surface area contributed by atoms with Gasteiger partial charge in [0.25, 0.3) is 0 Å². The van der Waals surface area contributed by atoms with Crippen LogP contribution >= 0.6 is 0 Å². The number of aromatic nitrogens is 2. The van der Waals surface area contributed by atoms with Gasteiger partial charge in [0.15, 0.2) is 0 Å². The fourth-order valence-corrected chi connectivity index (χ4v) is 3.13. The minimum atomic E-state index is -0.389. The molecule has 0 unspecified atom stereocenters. The van der Waals surface area contributed by atoms with E-state index in [0.717, 1.165) is 29.8 Å². The highest BCUT2D eigenvalue weighted by Crippen LogP contribution is 2.33. The minimum absolute atomic E-state index is 0.279. The van der Waals surface area contributed by atoms with Crippen molar-refractivity contribution in [1.29, 1.82) is 0 Å². The minimum Gasteiger partial charge on any atom is -0.298 e. The summed E-state index contributed by atoms with van der Waals surface area (Å²) in [5.41, 5.74) is 2.68. The van der Waals surface area contributed by atoms with Gasteiger partial charge in [0.05, 0.1) is 11.1 Å². The molecule has 3 nitrogen and oxygen atoms in total. The van der Waals surface area contributed by atoms with Gasteiger partial charge in [0.2, 0.25) is 0 Å². The fourth-order valence-electron chi connectivity index (χ4n) is 3.13. The maximum atomic E-state index is 13.0. The van der Waals surface area contributed by atoms with Crippen LogP contribution in [-0.2, 0) is 23.7 Å². The van der Waals surface area contributed by atoms with Crippen LogP contribution in [0, 0.1) is 6.92 Å². The Bertz CT molecular complexity index is 609. The Morgan fingerprint density at radius 2 is 1.81 bits per heavy atom. The van der Waals surface area contributed by atoms with E-state index < -0.39 is 0 Å². The summed E-state index contributed by atoms with van der Waals surface area (Å²) in [5, 5.41) is 4.34. The van der Waals surface area contributed by atoms with Crippen molar-refractivity contribution >= 4 is 5.78 Å². The number of ketones is 1. The molecule has 112 valence electrons. The molecule has 0 aliphatic carbocycles. The normalized spacial score (nSPS) is 11.6. The van der Waals surface area contributed by atoms with Gasteiger partial charge in [-0.15, -0.1) is 0 Å². The Morgan fingerprint density at radius 3 is 2.29 bits per heavy atom. The summed E-state index contributed by atoms with van der Waals surface area (Å²) in [6, 6.07) is 12.2. The molecular weight excluding hydrogens is 260 g/mol. The number of hydrogen-bond donors (Lipinski definition) is 0. The van der Waals surface area contributed by atoms with E-state index in [4.69, 9.17) is 0 Å². The van der Waals surface area contributed by atoms with Gasteiger partial charge >= 0.3 is 0 Å². The molecule has 3 heteroatoms. The summed E-state index contributed by atoms with van der Waals surface area (Å²) in [7, 11) is 1.90. The van der Waals surface area contributed by atoms with Crippen molar-refractivity contribution in [3.05, 3.63) is 53.3 Å². The molecule has 1 heterocycles. The second-order valence-electron chi connectivity index (χ2n) is 5.66. The van der Waals surface area contributed by atoms with Gasteiger partial charge in [-0.05, 0) is 31.4 Å². The Kier molecular flexibility index (Phi) is 4.61. The molecule has 2 rings (SSSR count). The molecular formula is C18H24N2O. The monoisotopic (exact) mass is 284 g/mol. The van der Waals surface area contributed by atoms with Crippen molar-refractivity contribution in [3.8, 4) is 0 Å². The van der Waals surface area contributed by atoms with Crippen LogP contribution in [0.4, 0.5) is 0 Å². The van der Waals surface area contributed by atoms with Crippen molar-refractivity contribution in [2.75, 3.05) is 0 Å². The Morgan fingerprint density at radius 1 is 1.19 bits per heavy atom. The number of hydrogen-bond acceptors (Lipinski definition) is 2. The molecule has 0 saturated heterocycles. The summed E-state index contributed by atoms with van der Waals surface area (Å²) in [6.07, 6.45) is 2.08. The maximum absolute atomic E-state index is 13.0. The molecule has 0 aliphatic rings. The third-order valence-electron chi connectivity index (χ3n) is 4.51. The molecule has 0 aliphatic heterocycles. The predicted molar refractivity (Wildman–Crippen MR) is 85.4 cm³/mol. The first-order valence-corrected chi connectivity index (χ1v) is 7.62. The third kappa shape index (κ3) is 2.92. The van der Waals surface area contributed by atoms with Crippen molar-refractivity contribution in [3.63, 3.8) is 0 Å². The first-order valence-electron chi connectivity index (χ1n) is 7.62. The molecule has 2 aromatic rings. The quantitative estimate of drug-likeness (QED) is 0.812. The van der Waals surface area contributed by atoms with Crippen LogP contribution in [0.5, 0.6) is 0 Å². The first kappa shape index (κ1) is 15.5. The molecule has 0 bridgehead atoms. The average Bonchev–Trinajstić information content (AvgIpc) is 2.80. The van der Waals surface area contributed by atoms with Gasteiger partial charge in [-0.3, -0.25) is 9.48 Å². The van der Waals surface area contributed by atoms with Crippen molar-refractivity contribution < 1.29 is 4.79 Å². The van der Waals surface area contributed by atoms with Crippen molar-refractivity contribution in [2.45, 2.75) is 45.4 Å². The Labute approximate surface area is 127 Å². The van der Waals surface area contributed by atoms with Crippen LogP contribution < -0.4 is 0 Å². The number of aryl methyl sites for hydroxylation is 2. The first-order chi connectivity index (χ1) is 10.0. The SMILES string of the molecule is CCC(CC)(C(=O)Cc1cc(C)nn1C)c1ccccc1. The number of rotatable bonds is 6. The summed E-state index contributed by atoms with van der Waals surface area (Å²) in [5.74, 6) is 0.279. The van der Waals surface area contributed by atoms with Gasteiger partial charge in [-0.2, -0.15) is 5.10 Å². The molecule has 0 saturated carbocycles. The predicted octanol–water partition coefficient (Wildman–Crippen LogP) is 3.60. The number of nitrogens with zero attached hydrogens (tertiary/aromatic N) is 2. The average molecular weight is 284 g/mol. The summed E-state index contributed by atoms with van der Waals surface area (Å²) < 4.78 is 1.81. The Hall–Kier alpha value is -1.90. The fraction of sp³-hybridized carbons (Fsp3) is 0.444. The number of carbonyl (C=O) groups excluding carboxylic acids is 1. The summed E-state index contributed by atoms with van der Waals surface area (Å²) in [4.78, 5) is 13.0. The van der Waals surface area contributed by atoms with E-state index in [9.17, 15) is 4.79 Å². The lowest BCUT2D eigenvalue weighted by Gasteiger charge is -2.31.